The van der Waals surface area contributed by atoms with Gasteiger partial charge in [-0.25, -0.2) is 0 Å². The van der Waals surface area contributed by atoms with Crippen molar-refractivity contribution in [3.05, 3.63) is 28.2 Å². The smallest absolute Gasteiger partial charge is 0.241 e. The topological polar surface area (TPSA) is 56.1 Å². The molecule has 0 unspecified atom stereocenters. The normalized spacial score (nSPS) is 14.8. The van der Waals surface area contributed by atoms with Gasteiger partial charge >= 0.3 is 0 Å². The standard InChI is InChI=1S/C14H16BrN3O/c15-12-8-11(9-16)4-5-13(12)17-10-14(19)18-6-2-1-3-7-18/h4-5,8,17H,1-3,6-7,10H2. The zero-order valence-corrected chi connectivity index (χ0v) is 12.2. The maximum Gasteiger partial charge on any atom is 0.241 e. The molecule has 1 fully saturated rings. The predicted molar refractivity (Wildman–Crippen MR) is 77.8 cm³/mol. The fourth-order valence-electron chi connectivity index (χ4n) is 2.15. The highest BCUT2D eigenvalue weighted by atomic mass is 79.9. The van der Waals surface area contributed by atoms with Gasteiger partial charge in [-0.2, -0.15) is 5.26 Å². The van der Waals surface area contributed by atoms with Gasteiger partial charge in [0, 0.05) is 23.2 Å². The van der Waals surface area contributed by atoms with E-state index < -0.39 is 0 Å². The number of anilines is 1. The molecule has 0 bridgehead atoms. The number of likely N-dealkylation sites (tertiary alicyclic amines) is 1. The molecule has 0 saturated carbocycles. The Morgan fingerprint density at radius 3 is 2.74 bits per heavy atom. The predicted octanol–water partition coefficient (Wildman–Crippen LogP) is 2.75. The van der Waals surface area contributed by atoms with E-state index in [2.05, 4.69) is 27.3 Å². The van der Waals surface area contributed by atoms with Crippen LogP contribution in [0.2, 0.25) is 0 Å². The van der Waals surface area contributed by atoms with E-state index >= 15 is 0 Å². The van der Waals surface area contributed by atoms with Gasteiger partial charge in [0.1, 0.15) is 0 Å². The molecule has 1 aromatic carbocycles. The molecule has 100 valence electrons. The first-order valence-corrected chi connectivity index (χ1v) is 7.21. The molecular formula is C14H16BrN3O. The quantitative estimate of drug-likeness (QED) is 0.931. The maximum atomic E-state index is 12.0. The first kappa shape index (κ1) is 13.9. The molecule has 0 spiro atoms. The van der Waals surface area contributed by atoms with Gasteiger partial charge in [0.2, 0.25) is 5.91 Å². The summed E-state index contributed by atoms with van der Waals surface area (Å²) in [7, 11) is 0. The van der Waals surface area contributed by atoms with Gasteiger partial charge in [-0.05, 0) is 53.4 Å². The van der Waals surface area contributed by atoms with Gasteiger partial charge in [-0.3, -0.25) is 4.79 Å². The van der Waals surface area contributed by atoms with Crippen LogP contribution >= 0.6 is 15.9 Å². The van der Waals surface area contributed by atoms with Crippen molar-refractivity contribution in [1.82, 2.24) is 4.90 Å². The second kappa shape index (κ2) is 6.58. The van der Waals surface area contributed by atoms with Crippen LogP contribution in [-0.4, -0.2) is 30.4 Å². The number of rotatable bonds is 3. The van der Waals surface area contributed by atoms with E-state index in [0.717, 1.165) is 36.1 Å². The Labute approximate surface area is 121 Å². The van der Waals surface area contributed by atoms with Crippen molar-refractivity contribution in [1.29, 1.82) is 5.26 Å². The van der Waals surface area contributed by atoms with E-state index in [4.69, 9.17) is 5.26 Å². The molecule has 1 aliphatic heterocycles. The van der Waals surface area contributed by atoms with Crippen LogP contribution in [0.4, 0.5) is 5.69 Å². The van der Waals surface area contributed by atoms with Crippen LogP contribution in [0.3, 0.4) is 0 Å². The molecule has 1 aliphatic rings. The van der Waals surface area contributed by atoms with Crippen LogP contribution in [0.1, 0.15) is 24.8 Å². The SMILES string of the molecule is N#Cc1ccc(NCC(=O)N2CCCCC2)c(Br)c1. The average molecular weight is 322 g/mol. The lowest BCUT2D eigenvalue weighted by atomic mass is 10.1. The summed E-state index contributed by atoms with van der Waals surface area (Å²) in [6, 6.07) is 7.37. The Morgan fingerprint density at radius 2 is 2.11 bits per heavy atom. The number of amides is 1. The number of carbonyl (C=O) groups excluding carboxylic acids is 1. The minimum atomic E-state index is 0.135. The van der Waals surface area contributed by atoms with E-state index in [1.807, 2.05) is 11.0 Å². The number of benzene rings is 1. The van der Waals surface area contributed by atoms with E-state index in [0.29, 0.717) is 12.1 Å². The van der Waals surface area contributed by atoms with Gasteiger partial charge < -0.3 is 10.2 Å². The van der Waals surface area contributed by atoms with Crippen LogP contribution in [-0.2, 0) is 4.79 Å². The van der Waals surface area contributed by atoms with Crippen LogP contribution in [0.15, 0.2) is 22.7 Å². The molecule has 1 aromatic rings. The third kappa shape index (κ3) is 3.71. The Kier molecular flexibility index (Phi) is 4.80. The first-order chi connectivity index (χ1) is 9.20. The Balaban J connectivity index is 1.91. The molecule has 0 radical (unpaired) electrons. The number of halogens is 1. The molecule has 0 aliphatic carbocycles. The molecule has 19 heavy (non-hydrogen) atoms. The zero-order chi connectivity index (χ0) is 13.7. The summed E-state index contributed by atoms with van der Waals surface area (Å²) in [6.07, 6.45) is 3.43. The van der Waals surface area contributed by atoms with Crippen LogP contribution < -0.4 is 5.32 Å². The van der Waals surface area contributed by atoms with Crippen molar-refractivity contribution in [2.75, 3.05) is 25.0 Å². The number of nitrogens with zero attached hydrogens (tertiary/aromatic N) is 2. The van der Waals surface area contributed by atoms with E-state index in [-0.39, 0.29) is 5.91 Å². The fourth-order valence-corrected chi connectivity index (χ4v) is 2.67. The molecule has 4 nitrogen and oxygen atoms in total. The highest BCUT2D eigenvalue weighted by molar-refractivity contribution is 9.10. The monoisotopic (exact) mass is 321 g/mol. The van der Waals surface area contributed by atoms with Crippen molar-refractivity contribution in [3.8, 4) is 6.07 Å². The fraction of sp³-hybridized carbons (Fsp3) is 0.429. The highest BCUT2D eigenvalue weighted by Gasteiger charge is 2.16. The maximum absolute atomic E-state index is 12.0. The number of nitrogens with one attached hydrogen (secondary N) is 1. The third-order valence-electron chi connectivity index (χ3n) is 3.24. The summed E-state index contributed by atoms with van der Waals surface area (Å²) in [5.41, 5.74) is 1.43. The second-order valence-corrected chi connectivity index (χ2v) is 5.46. The molecule has 1 heterocycles. The molecule has 0 aromatic heterocycles. The van der Waals surface area contributed by atoms with Gasteiger partial charge in [0.25, 0.3) is 0 Å². The number of nitriles is 1. The molecule has 1 saturated heterocycles. The summed E-state index contributed by atoms with van der Waals surface area (Å²) in [4.78, 5) is 13.9. The van der Waals surface area contributed by atoms with Crippen LogP contribution in [0, 0.1) is 11.3 Å². The second-order valence-electron chi connectivity index (χ2n) is 4.60. The zero-order valence-electron chi connectivity index (χ0n) is 10.7. The van der Waals surface area contributed by atoms with E-state index in [1.165, 1.54) is 6.42 Å². The van der Waals surface area contributed by atoms with E-state index in [1.54, 1.807) is 12.1 Å². The van der Waals surface area contributed by atoms with Crippen molar-refractivity contribution < 1.29 is 4.79 Å². The lowest BCUT2D eigenvalue weighted by Crippen LogP contribution is -2.39. The van der Waals surface area contributed by atoms with Crippen LogP contribution in [0.5, 0.6) is 0 Å². The molecular weight excluding hydrogens is 306 g/mol. The Morgan fingerprint density at radius 1 is 1.37 bits per heavy atom. The van der Waals surface area contributed by atoms with Crippen molar-refractivity contribution in [2.45, 2.75) is 19.3 Å². The van der Waals surface area contributed by atoms with Crippen molar-refractivity contribution in [3.63, 3.8) is 0 Å². The third-order valence-corrected chi connectivity index (χ3v) is 3.89. The number of hydrogen-bond acceptors (Lipinski definition) is 3. The summed E-state index contributed by atoms with van der Waals surface area (Å²) < 4.78 is 0.804. The number of hydrogen-bond donors (Lipinski definition) is 1. The summed E-state index contributed by atoms with van der Waals surface area (Å²) in [5, 5.41) is 11.9. The first-order valence-electron chi connectivity index (χ1n) is 6.42. The van der Waals surface area contributed by atoms with Crippen molar-refractivity contribution >= 4 is 27.5 Å². The minimum absolute atomic E-state index is 0.135. The van der Waals surface area contributed by atoms with Gasteiger partial charge in [-0.1, -0.05) is 0 Å². The summed E-state index contributed by atoms with van der Waals surface area (Å²) in [6.45, 7) is 2.04. The number of carbonyl (C=O) groups is 1. The molecule has 1 amide bonds. The molecule has 2 rings (SSSR count). The average Bonchev–Trinajstić information content (AvgIpc) is 2.46. The van der Waals surface area contributed by atoms with E-state index in [9.17, 15) is 4.79 Å². The largest absolute Gasteiger partial charge is 0.375 e. The lowest BCUT2D eigenvalue weighted by molar-refractivity contribution is -0.130. The Hall–Kier alpha value is -1.54. The van der Waals surface area contributed by atoms with Gasteiger partial charge in [-0.15, -0.1) is 0 Å². The van der Waals surface area contributed by atoms with Crippen molar-refractivity contribution in [2.24, 2.45) is 0 Å². The minimum Gasteiger partial charge on any atom is -0.375 e. The number of piperidine rings is 1. The van der Waals surface area contributed by atoms with Gasteiger partial charge in [0.15, 0.2) is 0 Å². The molecule has 5 heteroatoms. The molecule has 0 atom stereocenters. The summed E-state index contributed by atoms with van der Waals surface area (Å²) in [5.74, 6) is 0.135. The summed E-state index contributed by atoms with van der Waals surface area (Å²) >= 11 is 3.40. The molecule has 1 N–H and O–H groups in total. The lowest BCUT2D eigenvalue weighted by Gasteiger charge is -2.27. The highest BCUT2D eigenvalue weighted by Crippen LogP contribution is 2.23. The van der Waals surface area contributed by atoms with Gasteiger partial charge in [0.05, 0.1) is 18.2 Å². The van der Waals surface area contributed by atoms with Crippen LogP contribution in [0.25, 0.3) is 0 Å². The Bertz CT molecular complexity index is 504.